The van der Waals surface area contributed by atoms with Gasteiger partial charge < -0.3 is 5.32 Å². The molecule has 0 bridgehead atoms. The average Bonchev–Trinajstić information content (AvgIpc) is 1.97. The first-order valence-electron chi connectivity index (χ1n) is 3.28. The third kappa shape index (κ3) is 5.09. The van der Waals surface area contributed by atoms with Crippen molar-refractivity contribution in [2.75, 3.05) is 13.1 Å². The van der Waals surface area contributed by atoms with Crippen LogP contribution in [0.15, 0.2) is 30.3 Å². The molecule has 0 unspecified atom stereocenters. The molecule has 10 heavy (non-hydrogen) atoms. The summed E-state index contributed by atoms with van der Waals surface area (Å²) in [6.45, 7) is 10.5. The topological polar surface area (TPSA) is 24.4 Å². The van der Waals surface area contributed by atoms with Crippen LogP contribution in [-0.4, -0.2) is 18.9 Å². The number of aliphatic imine (C=N–C) groups is 1. The zero-order valence-corrected chi connectivity index (χ0v) is 6.43. The first-order chi connectivity index (χ1) is 4.81. The lowest BCUT2D eigenvalue weighted by atomic mass is 10.5. The van der Waals surface area contributed by atoms with Gasteiger partial charge in [-0.05, 0) is 6.92 Å². The van der Waals surface area contributed by atoms with Gasteiger partial charge in [0.05, 0.1) is 12.4 Å². The first kappa shape index (κ1) is 8.95. The highest BCUT2D eigenvalue weighted by molar-refractivity contribution is 5.79. The molecule has 0 amide bonds. The van der Waals surface area contributed by atoms with Gasteiger partial charge in [0.15, 0.2) is 0 Å². The number of nitrogens with one attached hydrogen (secondary N) is 1. The van der Waals surface area contributed by atoms with Crippen molar-refractivity contribution in [1.82, 2.24) is 5.32 Å². The Bertz CT molecular complexity index is 136. The van der Waals surface area contributed by atoms with Gasteiger partial charge in [0, 0.05) is 6.54 Å². The van der Waals surface area contributed by atoms with Crippen molar-refractivity contribution in [3.63, 3.8) is 0 Å². The molecule has 0 aromatic heterocycles. The van der Waals surface area contributed by atoms with Gasteiger partial charge in [-0.15, -0.1) is 13.2 Å². The van der Waals surface area contributed by atoms with Crippen LogP contribution in [0.2, 0.25) is 0 Å². The molecule has 0 aromatic rings. The highest BCUT2D eigenvalue weighted by atomic mass is 15.0. The van der Waals surface area contributed by atoms with Crippen LogP contribution in [0.3, 0.4) is 0 Å². The van der Waals surface area contributed by atoms with Crippen LogP contribution in [0.5, 0.6) is 0 Å². The Balaban J connectivity index is 3.47. The smallest absolute Gasteiger partial charge is 0.0937 e. The summed E-state index contributed by atoms with van der Waals surface area (Å²) in [5.74, 6) is 0.930. The summed E-state index contributed by atoms with van der Waals surface area (Å²) in [6, 6.07) is 0. The zero-order chi connectivity index (χ0) is 7.82. The molecule has 0 radical (unpaired) electrons. The van der Waals surface area contributed by atoms with Gasteiger partial charge in [0.1, 0.15) is 0 Å². The fourth-order valence-corrected chi connectivity index (χ4v) is 0.477. The van der Waals surface area contributed by atoms with Crippen LogP contribution in [0.1, 0.15) is 6.92 Å². The first-order valence-corrected chi connectivity index (χ1v) is 3.28. The van der Waals surface area contributed by atoms with Crippen molar-refractivity contribution in [3.8, 4) is 0 Å². The predicted molar refractivity (Wildman–Crippen MR) is 46.4 cm³/mol. The molecule has 2 nitrogen and oxygen atoms in total. The number of hydrogen-bond acceptors (Lipinski definition) is 1. The van der Waals surface area contributed by atoms with E-state index in [-0.39, 0.29) is 0 Å². The van der Waals surface area contributed by atoms with E-state index in [9.17, 15) is 0 Å². The van der Waals surface area contributed by atoms with Crippen LogP contribution < -0.4 is 5.32 Å². The lowest BCUT2D eigenvalue weighted by Crippen LogP contribution is -2.20. The maximum absolute atomic E-state index is 4.12. The molecule has 0 saturated carbocycles. The highest BCUT2D eigenvalue weighted by Gasteiger charge is 1.82. The maximum Gasteiger partial charge on any atom is 0.0937 e. The van der Waals surface area contributed by atoms with E-state index in [1.165, 1.54) is 0 Å². The molecule has 0 aromatic carbocycles. The van der Waals surface area contributed by atoms with Crippen LogP contribution in [-0.2, 0) is 0 Å². The minimum atomic E-state index is 0.677. The Labute approximate surface area is 62.4 Å². The molecule has 1 N–H and O–H groups in total. The van der Waals surface area contributed by atoms with Crippen molar-refractivity contribution in [3.05, 3.63) is 25.3 Å². The fourth-order valence-electron chi connectivity index (χ4n) is 0.477. The predicted octanol–water partition coefficient (Wildman–Crippen LogP) is 1.37. The molecule has 0 atom stereocenters. The van der Waals surface area contributed by atoms with Crippen LogP contribution in [0, 0.1) is 0 Å². The van der Waals surface area contributed by atoms with E-state index in [1.807, 2.05) is 6.92 Å². The third-order valence-corrected chi connectivity index (χ3v) is 0.960. The number of amidine groups is 1. The third-order valence-electron chi connectivity index (χ3n) is 0.960. The summed E-state index contributed by atoms with van der Waals surface area (Å²) >= 11 is 0. The summed E-state index contributed by atoms with van der Waals surface area (Å²) < 4.78 is 0. The van der Waals surface area contributed by atoms with Gasteiger partial charge in [0.2, 0.25) is 0 Å². The van der Waals surface area contributed by atoms with E-state index >= 15 is 0 Å². The molecule has 0 spiro atoms. The van der Waals surface area contributed by atoms with E-state index in [4.69, 9.17) is 0 Å². The molecule has 0 saturated heterocycles. The maximum atomic E-state index is 4.12. The van der Waals surface area contributed by atoms with Crippen molar-refractivity contribution >= 4 is 5.84 Å². The number of rotatable bonds is 4. The minimum absolute atomic E-state index is 0.677. The second kappa shape index (κ2) is 6.08. The van der Waals surface area contributed by atoms with E-state index in [2.05, 4.69) is 23.5 Å². The quantitative estimate of drug-likeness (QED) is 0.354. The van der Waals surface area contributed by atoms with Gasteiger partial charge in [-0.25, -0.2) is 0 Å². The van der Waals surface area contributed by atoms with Gasteiger partial charge >= 0.3 is 0 Å². The van der Waals surface area contributed by atoms with Gasteiger partial charge in [-0.3, -0.25) is 4.99 Å². The SMILES string of the molecule is C=CCN=C(C)NCC=C. The second-order valence-corrected chi connectivity index (χ2v) is 1.88. The van der Waals surface area contributed by atoms with Crippen molar-refractivity contribution in [2.45, 2.75) is 6.92 Å². The second-order valence-electron chi connectivity index (χ2n) is 1.88. The Hall–Kier alpha value is -1.05. The van der Waals surface area contributed by atoms with Gasteiger partial charge in [-0.2, -0.15) is 0 Å². The molecule has 0 rings (SSSR count). The summed E-state index contributed by atoms with van der Waals surface area (Å²) in [5, 5.41) is 3.05. The molecule has 56 valence electrons. The molecule has 0 heterocycles. The van der Waals surface area contributed by atoms with E-state index < -0.39 is 0 Å². The Kier molecular flexibility index (Phi) is 5.44. The Morgan fingerprint density at radius 1 is 1.50 bits per heavy atom. The molecule has 0 aliphatic heterocycles. The van der Waals surface area contributed by atoms with Crippen LogP contribution in [0.4, 0.5) is 0 Å². The summed E-state index contributed by atoms with van der Waals surface area (Å²) in [6.07, 6.45) is 3.56. The Morgan fingerprint density at radius 3 is 2.70 bits per heavy atom. The highest BCUT2D eigenvalue weighted by Crippen LogP contribution is 1.74. The number of hydrogen-bond donors (Lipinski definition) is 1. The fraction of sp³-hybridized carbons (Fsp3) is 0.375. The summed E-state index contributed by atoms with van der Waals surface area (Å²) in [4.78, 5) is 4.12. The zero-order valence-electron chi connectivity index (χ0n) is 6.43. The lowest BCUT2D eigenvalue weighted by Gasteiger charge is -1.99. The van der Waals surface area contributed by atoms with Gasteiger partial charge in [0.25, 0.3) is 0 Å². The van der Waals surface area contributed by atoms with Crippen molar-refractivity contribution in [2.24, 2.45) is 4.99 Å². The lowest BCUT2D eigenvalue weighted by molar-refractivity contribution is 1.01. The van der Waals surface area contributed by atoms with Crippen LogP contribution >= 0.6 is 0 Å². The molecule has 0 aliphatic carbocycles. The summed E-state index contributed by atoms with van der Waals surface area (Å²) in [7, 11) is 0. The standard InChI is InChI=1S/C8H14N2/c1-4-6-9-8(3)10-7-5-2/h4-5H,1-2,6-7H2,3H3,(H,9,10). The normalized spacial score (nSPS) is 10.7. The van der Waals surface area contributed by atoms with E-state index in [1.54, 1.807) is 12.2 Å². The average molecular weight is 138 g/mol. The molecule has 0 aliphatic rings. The summed E-state index contributed by atoms with van der Waals surface area (Å²) in [5.41, 5.74) is 0. The van der Waals surface area contributed by atoms with Gasteiger partial charge in [-0.1, -0.05) is 12.2 Å². The largest absolute Gasteiger partial charge is 0.371 e. The monoisotopic (exact) mass is 138 g/mol. The molecule has 0 fully saturated rings. The molecular formula is C8H14N2. The van der Waals surface area contributed by atoms with Crippen molar-refractivity contribution in [1.29, 1.82) is 0 Å². The molecule has 2 heteroatoms. The van der Waals surface area contributed by atoms with E-state index in [0.29, 0.717) is 6.54 Å². The Morgan fingerprint density at radius 2 is 2.20 bits per heavy atom. The van der Waals surface area contributed by atoms with E-state index in [0.717, 1.165) is 12.4 Å². The van der Waals surface area contributed by atoms with Crippen LogP contribution in [0.25, 0.3) is 0 Å². The number of nitrogens with zero attached hydrogens (tertiary/aromatic N) is 1. The van der Waals surface area contributed by atoms with Crippen molar-refractivity contribution < 1.29 is 0 Å². The molecular weight excluding hydrogens is 124 g/mol. The minimum Gasteiger partial charge on any atom is -0.371 e.